The van der Waals surface area contributed by atoms with Crippen molar-refractivity contribution in [1.82, 2.24) is 5.48 Å². The Morgan fingerprint density at radius 3 is 1.73 bits per heavy atom. The first-order valence-corrected chi connectivity index (χ1v) is 22.4. The lowest BCUT2D eigenvalue weighted by molar-refractivity contribution is -0.111. The molecular formula is C37H75NO4SSi. The molecule has 0 aliphatic carbocycles. The summed E-state index contributed by atoms with van der Waals surface area (Å²) in [6.45, 7) is 8.79. The summed E-state index contributed by atoms with van der Waals surface area (Å²) < 4.78 is 18.6. The number of carbonyl (C=O) groups is 1. The second-order valence-corrected chi connectivity index (χ2v) is 17.2. The zero-order valence-corrected chi connectivity index (χ0v) is 31.6. The molecule has 0 bridgehead atoms. The van der Waals surface area contributed by atoms with E-state index in [0.29, 0.717) is 24.1 Å². The van der Waals surface area contributed by atoms with Crippen molar-refractivity contribution < 1.29 is 18.2 Å². The van der Waals surface area contributed by atoms with Gasteiger partial charge in [-0.15, -0.1) is 0 Å². The van der Waals surface area contributed by atoms with Gasteiger partial charge < -0.3 is 8.85 Å². The third-order valence-electron chi connectivity index (χ3n) is 9.15. The van der Waals surface area contributed by atoms with Gasteiger partial charge in [0, 0.05) is 38.0 Å². The van der Waals surface area contributed by atoms with Crippen LogP contribution in [0.3, 0.4) is 0 Å². The highest BCUT2D eigenvalue weighted by Crippen LogP contribution is 2.24. The molecule has 1 rings (SSSR count). The smallest absolute Gasteiger partial charge is 0.373 e. The summed E-state index contributed by atoms with van der Waals surface area (Å²) in [6, 6.07) is 0.774. The Morgan fingerprint density at radius 2 is 1.20 bits per heavy atom. The van der Waals surface area contributed by atoms with Crippen LogP contribution in [0.5, 0.6) is 0 Å². The highest BCUT2D eigenvalue weighted by atomic mass is 32.2. The van der Waals surface area contributed by atoms with Crippen LogP contribution in [0.15, 0.2) is 0 Å². The molecule has 0 saturated carbocycles. The van der Waals surface area contributed by atoms with Crippen molar-refractivity contribution in [3.05, 3.63) is 0 Å². The van der Waals surface area contributed by atoms with Crippen LogP contribution in [0.2, 0.25) is 6.04 Å². The van der Waals surface area contributed by atoms with Crippen molar-refractivity contribution in [1.29, 1.82) is 0 Å². The van der Waals surface area contributed by atoms with Gasteiger partial charge in [0.25, 0.3) is 0 Å². The van der Waals surface area contributed by atoms with Gasteiger partial charge >= 0.3 is 8.80 Å². The van der Waals surface area contributed by atoms with Gasteiger partial charge in [-0.25, -0.2) is 5.48 Å². The fraction of sp³-hybridized carbons (Fsp3) is 0.973. The van der Waals surface area contributed by atoms with E-state index in [1.807, 2.05) is 6.92 Å². The molecule has 1 aliphatic rings. The van der Waals surface area contributed by atoms with Gasteiger partial charge in [0.1, 0.15) is 0 Å². The largest absolute Gasteiger partial charge is 0.517 e. The lowest BCUT2D eigenvalue weighted by atomic mass is 9.97. The molecule has 0 spiro atoms. The molecule has 0 radical (unpaired) electrons. The minimum Gasteiger partial charge on any atom is -0.373 e. The first-order valence-electron chi connectivity index (χ1n) is 19.5. The van der Waals surface area contributed by atoms with E-state index in [1.54, 1.807) is 0 Å². The maximum Gasteiger partial charge on any atom is 0.517 e. The Morgan fingerprint density at radius 1 is 0.705 bits per heavy atom. The van der Waals surface area contributed by atoms with Crippen LogP contribution in [0, 0.1) is 5.92 Å². The molecule has 1 heterocycles. The van der Waals surface area contributed by atoms with E-state index in [2.05, 4.69) is 19.3 Å². The van der Waals surface area contributed by atoms with Crippen LogP contribution >= 0.6 is 11.8 Å². The number of hydrogen-bond donors (Lipinski definition) is 1. The number of nitrogens with one attached hydrogen (secondary N) is 1. The second-order valence-electron chi connectivity index (χ2n) is 13.4. The van der Waals surface area contributed by atoms with E-state index in [0.717, 1.165) is 44.2 Å². The predicted octanol–water partition coefficient (Wildman–Crippen LogP) is 12.0. The Kier molecular flexibility index (Phi) is 30.3. The van der Waals surface area contributed by atoms with Crippen molar-refractivity contribution in [2.24, 2.45) is 5.92 Å². The number of carbonyl (C=O) groups excluding carboxylic acids is 1. The highest BCUT2D eigenvalue weighted by molar-refractivity contribution is 8.13. The van der Waals surface area contributed by atoms with Crippen LogP contribution in [0.4, 0.5) is 0 Å². The molecule has 0 aromatic heterocycles. The van der Waals surface area contributed by atoms with Crippen LogP contribution in [0.1, 0.15) is 194 Å². The minimum atomic E-state index is -2.73. The summed E-state index contributed by atoms with van der Waals surface area (Å²) in [5.74, 6) is 1.43. The molecule has 262 valence electrons. The van der Waals surface area contributed by atoms with E-state index in [1.165, 1.54) is 159 Å². The number of rotatable bonds is 31. The Hall–Kier alpha value is 0.0769. The standard InChI is InChI=1S/C37H75NO4SSi/c1-4-7-9-11-13-15-17-18-19-21-23-25-27-30-37(39)43-33-28-34-44(40-6-3)41-32-31-36(35-38-42-44)29-26-24-22-20-16-14-12-10-8-5-2/h36,38H,4-35H2,1-3H3. The van der Waals surface area contributed by atoms with Crippen molar-refractivity contribution in [2.75, 3.05) is 25.5 Å². The highest BCUT2D eigenvalue weighted by Gasteiger charge is 2.42. The Labute approximate surface area is 280 Å². The van der Waals surface area contributed by atoms with Crippen molar-refractivity contribution in [3.63, 3.8) is 0 Å². The lowest BCUT2D eigenvalue weighted by Crippen LogP contribution is -2.52. The number of thioether (sulfide) groups is 1. The second kappa shape index (κ2) is 31.7. The topological polar surface area (TPSA) is 56.8 Å². The molecular weight excluding hydrogens is 583 g/mol. The number of hydrogen-bond acceptors (Lipinski definition) is 6. The summed E-state index contributed by atoms with van der Waals surface area (Å²) in [4.78, 5) is 12.4. The zero-order chi connectivity index (χ0) is 31.8. The van der Waals surface area contributed by atoms with Crippen molar-refractivity contribution >= 4 is 25.7 Å². The summed E-state index contributed by atoms with van der Waals surface area (Å²) in [7, 11) is -2.73. The van der Waals surface area contributed by atoms with Gasteiger partial charge in [-0.05, 0) is 38.5 Å². The lowest BCUT2D eigenvalue weighted by Gasteiger charge is -2.33. The Bertz CT molecular complexity index is 616. The molecule has 2 unspecified atom stereocenters. The van der Waals surface area contributed by atoms with E-state index in [-0.39, 0.29) is 0 Å². The van der Waals surface area contributed by atoms with Gasteiger partial charge in [0.15, 0.2) is 5.12 Å². The van der Waals surface area contributed by atoms with Crippen LogP contribution < -0.4 is 5.48 Å². The molecule has 1 saturated heterocycles. The van der Waals surface area contributed by atoms with Gasteiger partial charge in [0.05, 0.1) is 0 Å². The number of unbranched alkanes of at least 4 members (excludes halogenated alkanes) is 21. The van der Waals surface area contributed by atoms with Gasteiger partial charge in [-0.2, -0.15) is 0 Å². The molecule has 1 N–H and O–H groups in total. The average molecular weight is 658 g/mol. The fourth-order valence-electron chi connectivity index (χ4n) is 6.27. The predicted molar refractivity (Wildman–Crippen MR) is 194 cm³/mol. The Balaban J connectivity index is 2.05. The third-order valence-corrected chi connectivity index (χ3v) is 13.0. The quantitative estimate of drug-likeness (QED) is 0.0591. The fourth-order valence-corrected chi connectivity index (χ4v) is 9.70. The maximum absolute atomic E-state index is 12.4. The molecule has 2 atom stereocenters. The molecule has 1 fully saturated rings. The van der Waals surface area contributed by atoms with Crippen LogP contribution in [0.25, 0.3) is 0 Å². The molecule has 7 heteroatoms. The SMILES string of the molecule is CCCCCCCCCCCCCCCC(=O)SCCC[Si]1(OCC)OCCC(CCCCCCCCCCCC)CNO1. The number of hydroxylamine groups is 1. The van der Waals surface area contributed by atoms with Crippen molar-refractivity contribution in [2.45, 2.75) is 200 Å². The molecule has 0 aromatic rings. The molecule has 1 aliphatic heterocycles. The normalized spacial score (nSPS) is 19.2. The summed E-state index contributed by atoms with van der Waals surface area (Å²) in [5, 5.41) is 0.340. The van der Waals surface area contributed by atoms with E-state index >= 15 is 0 Å². The zero-order valence-electron chi connectivity index (χ0n) is 29.7. The average Bonchev–Trinajstić information content (AvgIpc) is 3.01. The van der Waals surface area contributed by atoms with Crippen LogP contribution in [-0.2, 0) is 18.2 Å². The van der Waals surface area contributed by atoms with E-state index in [4.69, 9.17) is 13.4 Å². The minimum absolute atomic E-state index is 0.340. The van der Waals surface area contributed by atoms with Gasteiger partial charge in [0.2, 0.25) is 0 Å². The molecule has 0 aromatic carbocycles. The van der Waals surface area contributed by atoms with E-state index in [9.17, 15) is 4.79 Å². The van der Waals surface area contributed by atoms with Gasteiger partial charge in [-0.1, -0.05) is 167 Å². The van der Waals surface area contributed by atoms with Crippen LogP contribution in [-0.4, -0.2) is 39.4 Å². The first kappa shape index (κ1) is 42.1. The first-order chi connectivity index (χ1) is 21.7. The summed E-state index contributed by atoms with van der Waals surface area (Å²) >= 11 is 1.49. The molecule has 44 heavy (non-hydrogen) atoms. The molecule has 5 nitrogen and oxygen atoms in total. The summed E-state index contributed by atoms with van der Waals surface area (Å²) in [5.41, 5.74) is 3.25. The summed E-state index contributed by atoms with van der Waals surface area (Å²) in [6.07, 6.45) is 35.2. The maximum atomic E-state index is 12.4. The van der Waals surface area contributed by atoms with Gasteiger partial charge in [-0.3, -0.25) is 9.32 Å². The monoisotopic (exact) mass is 658 g/mol. The van der Waals surface area contributed by atoms with Crippen molar-refractivity contribution in [3.8, 4) is 0 Å². The third kappa shape index (κ3) is 25.2. The molecule has 0 amide bonds. The van der Waals surface area contributed by atoms with E-state index < -0.39 is 8.80 Å².